The van der Waals surface area contributed by atoms with E-state index in [0.717, 1.165) is 32.6 Å². The molecule has 1 aliphatic heterocycles. The number of hydrogen-bond donors (Lipinski definition) is 3. The molecule has 3 N–H and O–H groups in total. The van der Waals surface area contributed by atoms with Gasteiger partial charge in [0.2, 0.25) is 6.41 Å². The van der Waals surface area contributed by atoms with Gasteiger partial charge in [-0.05, 0) is 68.1 Å². The molecule has 2 aromatic heterocycles. The molecule has 0 bridgehead atoms. The van der Waals surface area contributed by atoms with Gasteiger partial charge >= 0.3 is 0 Å². The Morgan fingerprint density at radius 2 is 1.68 bits per heavy atom. The third-order valence-corrected chi connectivity index (χ3v) is 7.22. The number of nitrogens with one attached hydrogen (secondary N) is 2. The van der Waals surface area contributed by atoms with Crippen LogP contribution < -0.4 is 16.2 Å². The number of benzene rings is 2. The first-order valence-electron chi connectivity index (χ1n) is 13.9. The highest BCUT2D eigenvalue weighted by molar-refractivity contribution is 6.30. The quantitative estimate of drug-likeness (QED) is 0.209. The highest BCUT2D eigenvalue weighted by Crippen LogP contribution is 2.29. The zero-order valence-electron chi connectivity index (χ0n) is 24.4. The molecule has 228 valence electrons. The molecule has 11 nitrogen and oxygen atoms in total. The summed E-state index contributed by atoms with van der Waals surface area (Å²) in [6.07, 6.45) is 4.03. The Morgan fingerprint density at radius 1 is 0.955 bits per heavy atom. The number of rotatable bonds is 7. The summed E-state index contributed by atoms with van der Waals surface area (Å²) in [4.78, 5) is 56.5. The summed E-state index contributed by atoms with van der Waals surface area (Å²) in [6, 6.07) is 17.5. The standard InChI is InChI=1S/C26H21ClN4O4.C6H12N2O/c1-2-31-14-4-6-19(26(31)35)16-8-10-17(11-9-16)24(33)30-23-20(5-3-7-21(23)32)25(34)29-22-13-12-18(27)15-28-22;1-7-2-4-8(6-9)5-3-7/h3-15,32H,2H2,1H3,(H,30,33)(H,28,29,34);6H,2-5H2,1H3. The molecule has 1 fully saturated rings. The maximum atomic E-state index is 12.9. The molecule has 0 radical (unpaired) electrons. The normalized spacial score (nSPS) is 12.9. The average Bonchev–Trinajstić information content (AvgIpc) is 3.04. The Morgan fingerprint density at radius 3 is 2.32 bits per heavy atom. The molecular weight excluding hydrogens is 584 g/mol. The van der Waals surface area contributed by atoms with Crippen molar-refractivity contribution in [3.05, 3.63) is 106 Å². The van der Waals surface area contributed by atoms with Crippen LogP contribution in [0.5, 0.6) is 5.75 Å². The van der Waals surface area contributed by atoms with Crippen LogP contribution >= 0.6 is 11.6 Å². The molecule has 0 aliphatic carbocycles. The molecule has 0 saturated carbocycles. The van der Waals surface area contributed by atoms with Crippen molar-refractivity contribution in [2.24, 2.45) is 0 Å². The number of aromatic nitrogens is 2. The summed E-state index contributed by atoms with van der Waals surface area (Å²) < 4.78 is 1.60. The van der Waals surface area contributed by atoms with Gasteiger partial charge in [0.1, 0.15) is 11.6 Å². The molecule has 1 aliphatic rings. The van der Waals surface area contributed by atoms with E-state index in [-0.39, 0.29) is 33.9 Å². The van der Waals surface area contributed by atoms with Crippen molar-refractivity contribution in [3.8, 4) is 16.9 Å². The maximum absolute atomic E-state index is 12.9. The molecule has 3 heterocycles. The van der Waals surface area contributed by atoms with E-state index in [9.17, 15) is 24.3 Å². The summed E-state index contributed by atoms with van der Waals surface area (Å²) in [7, 11) is 2.07. The molecule has 44 heavy (non-hydrogen) atoms. The second-order valence-electron chi connectivity index (χ2n) is 10.0. The summed E-state index contributed by atoms with van der Waals surface area (Å²) in [5, 5.41) is 16.0. The van der Waals surface area contributed by atoms with Gasteiger partial charge in [-0.25, -0.2) is 4.98 Å². The van der Waals surface area contributed by atoms with Crippen molar-refractivity contribution in [1.82, 2.24) is 19.4 Å². The zero-order valence-corrected chi connectivity index (χ0v) is 25.1. The Balaban J connectivity index is 0.000000421. The number of piperazine rings is 1. The summed E-state index contributed by atoms with van der Waals surface area (Å²) in [6.45, 7) is 6.24. The number of anilines is 2. The number of aryl methyl sites for hydroxylation is 1. The first-order valence-corrected chi connectivity index (χ1v) is 14.3. The van der Waals surface area contributed by atoms with Gasteiger partial charge in [0, 0.05) is 56.2 Å². The number of likely N-dealkylation sites (N-methyl/N-ethyl adjacent to an activating group) is 1. The van der Waals surface area contributed by atoms with Crippen LogP contribution in [0.25, 0.3) is 11.1 Å². The second kappa shape index (κ2) is 14.9. The summed E-state index contributed by atoms with van der Waals surface area (Å²) in [5.74, 6) is -1.11. The number of aromatic hydroxyl groups is 1. The van der Waals surface area contributed by atoms with Gasteiger partial charge in [-0.1, -0.05) is 29.8 Å². The molecule has 3 amide bonds. The van der Waals surface area contributed by atoms with Crippen molar-refractivity contribution in [1.29, 1.82) is 0 Å². The SMILES string of the molecule is CCn1cccc(-c2ccc(C(=O)Nc3c(O)cccc3C(=O)Nc3ccc(Cl)cn3)cc2)c1=O.CN1CCN(C=O)CC1. The third kappa shape index (κ3) is 8.09. The Hall–Kier alpha value is -5.00. The molecule has 12 heteroatoms. The fourth-order valence-electron chi connectivity index (χ4n) is 4.41. The van der Waals surface area contributed by atoms with Crippen molar-refractivity contribution in [2.75, 3.05) is 43.9 Å². The van der Waals surface area contributed by atoms with E-state index in [2.05, 4.69) is 27.6 Å². The van der Waals surface area contributed by atoms with Gasteiger partial charge in [-0.15, -0.1) is 0 Å². The van der Waals surface area contributed by atoms with E-state index in [4.69, 9.17) is 11.6 Å². The fraction of sp³-hybridized carbons (Fsp3) is 0.219. The second-order valence-corrected chi connectivity index (χ2v) is 10.4. The number of halogens is 1. The number of phenols is 1. The number of amides is 3. The van der Waals surface area contributed by atoms with Gasteiger partial charge in [0.25, 0.3) is 17.4 Å². The molecule has 5 rings (SSSR count). The lowest BCUT2D eigenvalue weighted by atomic mass is 10.0. The van der Waals surface area contributed by atoms with Gasteiger partial charge < -0.3 is 30.1 Å². The van der Waals surface area contributed by atoms with Crippen LogP contribution in [-0.4, -0.2) is 75.9 Å². The minimum Gasteiger partial charge on any atom is -0.506 e. The Kier molecular flexibility index (Phi) is 10.8. The number of carbonyl (C=O) groups excluding carboxylic acids is 3. The molecule has 1 saturated heterocycles. The molecule has 0 spiro atoms. The molecule has 4 aromatic rings. The van der Waals surface area contributed by atoms with Crippen LogP contribution in [0.4, 0.5) is 11.5 Å². The lowest BCUT2D eigenvalue weighted by molar-refractivity contribution is -0.119. The molecule has 2 aromatic carbocycles. The van der Waals surface area contributed by atoms with E-state index >= 15 is 0 Å². The average molecular weight is 617 g/mol. The molecular formula is C32H33ClN6O5. The first kappa shape index (κ1) is 31.9. The number of pyridine rings is 2. The van der Waals surface area contributed by atoms with Gasteiger partial charge in [-0.2, -0.15) is 0 Å². The van der Waals surface area contributed by atoms with Crippen LogP contribution in [0.2, 0.25) is 5.02 Å². The van der Waals surface area contributed by atoms with E-state index in [1.165, 1.54) is 30.5 Å². The van der Waals surface area contributed by atoms with Crippen LogP contribution in [0.1, 0.15) is 27.6 Å². The maximum Gasteiger partial charge on any atom is 0.259 e. The predicted octanol–water partition coefficient (Wildman–Crippen LogP) is 4.18. The van der Waals surface area contributed by atoms with Crippen LogP contribution in [0, 0.1) is 0 Å². The molecule has 0 unspecified atom stereocenters. The van der Waals surface area contributed by atoms with Crippen molar-refractivity contribution in [2.45, 2.75) is 13.5 Å². The van der Waals surface area contributed by atoms with E-state index in [0.29, 0.717) is 22.7 Å². The highest BCUT2D eigenvalue weighted by Gasteiger charge is 2.19. The lowest BCUT2D eigenvalue weighted by Crippen LogP contribution is -2.43. The van der Waals surface area contributed by atoms with Crippen LogP contribution in [-0.2, 0) is 11.3 Å². The number of para-hydroxylation sites is 1. The smallest absolute Gasteiger partial charge is 0.259 e. The van der Waals surface area contributed by atoms with E-state index < -0.39 is 11.8 Å². The minimum absolute atomic E-state index is 0.0399. The predicted molar refractivity (Wildman–Crippen MR) is 170 cm³/mol. The highest BCUT2D eigenvalue weighted by atomic mass is 35.5. The van der Waals surface area contributed by atoms with Crippen molar-refractivity contribution < 1.29 is 19.5 Å². The zero-order chi connectivity index (χ0) is 31.6. The monoisotopic (exact) mass is 616 g/mol. The Bertz CT molecular complexity index is 1670. The first-order chi connectivity index (χ1) is 21.2. The summed E-state index contributed by atoms with van der Waals surface area (Å²) in [5.41, 5.74) is 1.38. The topological polar surface area (TPSA) is 137 Å². The third-order valence-electron chi connectivity index (χ3n) is 7.00. The van der Waals surface area contributed by atoms with Gasteiger partial charge in [-0.3, -0.25) is 19.2 Å². The van der Waals surface area contributed by atoms with Gasteiger partial charge in [0.05, 0.1) is 16.3 Å². The number of nitrogens with zero attached hydrogens (tertiary/aromatic N) is 4. The minimum atomic E-state index is -0.572. The van der Waals surface area contributed by atoms with Crippen molar-refractivity contribution in [3.63, 3.8) is 0 Å². The summed E-state index contributed by atoms with van der Waals surface area (Å²) >= 11 is 5.82. The van der Waals surface area contributed by atoms with E-state index in [1.54, 1.807) is 58.1 Å². The number of carbonyl (C=O) groups is 3. The number of hydrogen-bond acceptors (Lipinski definition) is 7. The van der Waals surface area contributed by atoms with Gasteiger partial charge in [0.15, 0.2) is 0 Å². The Labute approximate surface area is 259 Å². The van der Waals surface area contributed by atoms with Crippen LogP contribution in [0.3, 0.4) is 0 Å². The number of phenolic OH excluding ortho intramolecular Hbond substituents is 1. The largest absolute Gasteiger partial charge is 0.506 e. The van der Waals surface area contributed by atoms with Crippen LogP contribution in [0.15, 0.2) is 83.9 Å². The fourth-order valence-corrected chi connectivity index (χ4v) is 4.53. The van der Waals surface area contributed by atoms with E-state index in [1.807, 2.05) is 6.92 Å². The molecule has 0 atom stereocenters. The van der Waals surface area contributed by atoms with Crippen molar-refractivity contribution >= 4 is 41.3 Å². The lowest BCUT2D eigenvalue weighted by Gasteiger charge is -2.29.